The molecule has 1 aromatic carbocycles. The Morgan fingerprint density at radius 3 is 2.38 bits per heavy atom. The monoisotopic (exact) mass is 459 g/mol. The van der Waals surface area contributed by atoms with E-state index in [1.165, 1.54) is 11.1 Å². The van der Waals surface area contributed by atoms with Crippen molar-refractivity contribution in [1.29, 1.82) is 5.26 Å². The van der Waals surface area contributed by atoms with Crippen LogP contribution in [0.25, 0.3) is 0 Å². The molecule has 1 N–H and O–H groups in total. The molecule has 7 heteroatoms. The molecule has 2 aliphatic rings. The summed E-state index contributed by atoms with van der Waals surface area (Å²) in [5.74, 6) is 0.152. The van der Waals surface area contributed by atoms with Gasteiger partial charge in [0, 0.05) is 38.4 Å². The minimum Gasteiger partial charge on any atom is -0.352 e. The van der Waals surface area contributed by atoms with Gasteiger partial charge in [0.15, 0.2) is 0 Å². The molecule has 4 rings (SSSR count). The lowest BCUT2D eigenvalue weighted by atomic mass is 9.85. The first kappa shape index (κ1) is 23.7. The molecule has 1 saturated heterocycles. The smallest absolute Gasteiger partial charge is 0.312 e. The van der Waals surface area contributed by atoms with Crippen LogP contribution < -0.4 is 10.2 Å². The molecule has 1 aromatic heterocycles. The Hall–Kier alpha value is -3.40. The molecule has 2 heterocycles. The second-order valence-corrected chi connectivity index (χ2v) is 9.58. The maximum absolute atomic E-state index is 12.7. The third-order valence-corrected chi connectivity index (χ3v) is 6.65. The number of fused-ring (bicyclic) bond motifs is 1. The number of benzene rings is 1. The first-order valence-electron chi connectivity index (χ1n) is 12.3. The van der Waals surface area contributed by atoms with E-state index in [1.54, 1.807) is 4.90 Å². The van der Waals surface area contributed by atoms with E-state index in [0.29, 0.717) is 44.2 Å². The van der Waals surface area contributed by atoms with Crippen molar-refractivity contribution in [3.63, 3.8) is 0 Å². The molecule has 0 unspecified atom stereocenters. The van der Waals surface area contributed by atoms with Crippen LogP contribution in [0.15, 0.2) is 30.3 Å². The van der Waals surface area contributed by atoms with Crippen LogP contribution in [0.1, 0.15) is 54.6 Å². The molecular formula is C27H33N5O2. The number of hydrogen-bond acceptors (Lipinski definition) is 5. The van der Waals surface area contributed by atoms with Gasteiger partial charge in [0.05, 0.1) is 5.56 Å². The molecule has 0 bridgehead atoms. The van der Waals surface area contributed by atoms with Crippen LogP contribution >= 0.6 is 0 Å². The Balaban J connectivity index is 1.45. The van der Waals surface area contributed by atoms with E-state index in [4.69, 9.17) is 4.98 Å². The Kier molecular flexibility index (Phi) is 7.46. The van der Waals surface area contributed by atoms with Crippen molar-refractivity contribution < 1.29 is 9.59 Å². The van der Waals surface area contributed by atoms with Gasteiger partial charge < -0.3 is 15.1 Å². The van der Waals surface area contributed by atoms with Gasteiger partial charge in [0.25, 0.3) is 0 Å². The third-order valence-electron chi connectivity index (χ3n) is 6.65. The fourth-order valence-corrected chi connectivity index (χ4v) is 4.91. The summed E-state index contributed by atoms with van der Waals surface area (Å²) in [6.45, 7) is 6.69. The van der Waals surface area contributed by atoms with Crippen molar-refractivity contribution in [2.24, 2.45) is 5.92 Å². The Labute approximate surface area is 201 Å². The van der Waals surface area contributed by atoms with Crippen molar-refractivity contribution >= 4 is 17.6 Å². The number of hydrogen-bond donors (Lipinski definition) is 1. The SMILES string of the molecule is CC(C)Cc1nc(N2CCN(C(=O)C(=O)NCc3ccccc3)CC2)c(C#N)c2c1CCCC2. The highest BCUT2D eigenvalue weighted by molar-refractivity contribution is 6.35. The van der Waals surface area contributed by atoms with E-state index in [-0.39, 0.29) is 0 Å². The number of carbonyl (C=O) groups is 2. The van der Waals surface area contributed by atoms with Gasteiger partial charge in [-0.1, -0.05) is 44.2 Å². The van der Waals surface area contributed by atoms with Crippen LogP contribution in [0.4, 0.5) is 5.82 Å². The summed E-state index contributed by atoms with van der Waals surface area (Å²) in [6.07, 6.45) is 5.09. The molecule has 2 amide bonds. The number of anilines is 1. The zero-order chi connectivity index (χ0) is 24.1. The fourth-order valence-electron chi connectivity index (χ4n) is 4.91. The van der Waals surface area contributed by atoms with Crippen molar-refractivity contribution in [3.05, 3.63) is 58.3 Å². The lowest BCUT2D eigenvalue weighted by molar-refractivity contribution is -0.146. The van der Waals surface area contributed by atoms with E-state index in [9.17, 15) is 14.9 Å². The van der Waals surface area contributed by atoms with E-state index < -0.39 is 11.8 Å². The van der Waals surface area contributed by atoms with Crippen molar-refractivity contribution in [3.8, 4) is 6.07 Å². The third kappa shape index (κ3) is 5.22. The molecular weight excluding hydrogens is 426 g/mol. The highest BCUT2D eigenvalue weighted by atomic mass is 16.2. The summed E-state index contributed by atoms with van der Waals surface area (Å²) in [6, 6.07) is 12.0. The molecule has 0 atom stereocenters. The molecule has 0 saturated carbocycles. The Bertz CT molecular complexity index is 1080. The molecule has 7 nitrogen and oxygen atoms in total. The summed E-state index contributed by atoms with van der Waals surface area (Å²) >= 11 is 0. The van der Waals surface area contributed by atoms with Gasteiger partial charge in [-0.3, -0.25) is 9.59 Å². The predicted molar refractivity (Wildman–Crippen MR) is 131 cm³/mol. The lowest BCUT2D eigenvalue weighted by Crippen LogP contribution is -2.53. The van der Waals surface area contributed by atoms with Crippen LogP contribution in [0.5, 0.6) is 0 Å². The zero-order valence-electron chi connectivity index (χ0n) is 20.1. The van der Waals surface area contributed by atoms with E-state index in [1.807, 2.05) is 30.3 Å². The highest BCUT2D eigenvalue weighted by Gasteiger charge is 2.30. The maximum atomic E-state index is 12.7. The topological polar surface area (TPSA) is 89.3 Å². The molecule has 1 aliphatic heterocycles. The number of rotatable bonds is 5. The van der Waals surface area contributed by atoms with Gasteiger partial charge in [0.1, 0.15) is 11.9 Å². The van der Waals surface area contributed by atoms with Crippen molar-refractivity contribution in [2.75, 3.05) is 31.1 Å². The van der Waals surface area contributed by atoms with Crippen LogP contribution in [-0.4, -0.2) is 47.9 Å². The number of nitriles is 1. The quantitative estimate of drug-likeness (QED) is 0.695. The molecule has 1 fully saturated rings. The standard InChI is InChI=1S/C27H33N5O2/c1-19(2)16-24-22-11-7-6-10-21(22)23(17-28)25(30-24)31-12-14-32(15-13-31)27(34)26(33)29-18-20-8-4-3-5-9-20/h3-5,8-9,19H,6-7,10-16,18H2,1-2H3,(H,29,33). The van der Waals surface area contributed by atoms with Crippen LogP contribution in [0.3, 0.4) is 0 Å². The molecule has 0 radical (unpaired) electrons. The minimum absolute atomic E-state index is 0.328. The highest BCUT2D eigenvalue weighted by Crippen LogP contribution is 2.33. The van der Waals surface area contributed by atoms with Gasteiger partial charge in [-0.05, 0) is 54.7 Å². The van der Waals surface area contributed by atoms with E-state index in [2.05, 4.69) is 30.1 Å². The van der Waals surface area contributed by atoms with Crippen LogP contribution in [-0.2, 0) is 35.4 Å². The molecule has 34 heavy (non-hydrogen) atoms. The fraction of sp³-hybridized carbons (Fsp3) is 0.481. The molecule has 178 valence electrons. The van der Waals surface area contributed by atoms with Crippen molar-refractivity contribution in [2.45, 2.75) is 52.5 Å². The summed E-state index contributed by atoms with van der Waals surface area (Å²) in [5.41, 5.74) is 5.23. The normalized spacial score (nSPS) is 15.6. The number of nitrogens with zero attached hydrogens (tertiary/aromatic N) is 4. The summed E-state index contributed by atoms with van der Waals surface area (Å²) in [4.78, 5) is 33.8. The summed E-state index contributed by atoms with van der Waals surface area (Å²) in [5, 5.41) is 12.7. The number of carbonyl (C=O) groups excluding carboxylic acids is 2. The molecule has 2 aromatic rings. The average molecular weight is 460 g/mol. The first-order chi connectivity index (χ1) is 16.5. The lowest BCUT2D eigenvalue weighted by Gasteiger charge is -2.36. The van der Waals surface area contributed by atoms with Gasteiger partial charge in [-0.2, -0.15) is 5.26 Å². The number of nitrogens with one attached hydrogen (secondary N) is 1. The number of pyridine rings is 1. The number of amides is 2. The summed E-state index contributed by atoms with van der Waals surface area (Å²) in [7, 11) is 0. The number of piperazine rings is 1. The van der Waals surface area contributed by atoms with Gasteiger partial charge in [-0.15, -0.1) is 0 Å². The number of aromatic nitrogens is 1. The average Bonchev–Trinajstić information content (AvgIpc) is 2.87. The second-order valence-electron chi connectivity index (χ2n) is 9.58. The van der Waals surface area contributed by atoms with E-state index in [0.717, 1.165) is 49.2 Å². The van der Waals surface area contributed by atoms with Gasteiger partial charge in [0.2, 0.25) is 0 Å². The largest absolute Gasteiger partial charge is 0.352 e. The second kappa shape index (κ2) is 10.7. The van der Waals surface area contributed by atoms with Gasteiger partial charge >= 0.3 is 11.8 Å². The summed E-state index contributed by atoms with van der Waals surface area (Å²) < 4.78 is 0. The molecule has 1 aliphatic carbocycles. The van der Waals surface area contributed by atoms with E-state index >= 15 is 0 Å². The van der Waals surface area contributed by atoms with Crippen LogP contribution in [0, 0.1) is 17.2 Å². The predicted octanol–water partition coefficient (Wildman–Crippen LogP) is 3.00. The Morgan fingerprint density at radius 2 is 1.74 bits per heavy atom. The first-order valence-corrected chi connectivity index (χ1v) is 12.3. The zero-order valence-corrected chi connectivity index (χ0v) is 20.1. The maximum Gasteiger partial charge on any atom is 0.312 e. The van der Waals surface area contributed by atoms with Crippen molar-refractivity contribution in [1.82, 2.24) is 15.2 Å². The minimum atomic E-state index is -0.582. The van der Waals surface area contributed by atoms with Crippen LogP contribution in [0.2, 0.25) is 0 Å². The van der Waals surface area contributed by atoms with Gasteiger partial charge in [-0.25, -0.2) is 4.98 Å². The molecule has 0 spiro atoms. The Morgan fingerprint density at radius 1 is 1.06 bits per heavy atom.